The van der Waals surface area contributed by atoms with E-state index in [9.17, 15) is 22.4 Å². The average molecular weight is 538 g/mol. The minimum absolute atomic E-state index is 0.243. The van der Waals surface area contributed by atoms with Gasteiger partial charge in [0.05, 0.1) is 11.4 Å². The van der Waals surface area contributed by atoms with E-state index in [0.717, 1.165) is 30.8 Å². The predicted molar refractivity (Wildman–Crippen MR) is 132 cm³/mol. The average Bonchev–Trinajstić information content (AvgIpc) is 3.41. The number of hydrogen-bond acceptors (Lipinski definition) is 6. The van der Waals surface area contributed by atoms with Crippen molar-refractivity contribution in [3.05, 3.63) is 47.8 Å². The van der Waals surface area contributed by atoms with Crippen molar-refractivity contribution in [2.24, 2.45) is 0 Å². The zero-order chi connectivity index (χ0) is 27.8. The van der Waals surface area contributed by atoms with Crippen LogP contribution >= 0.6 is 0 Å². The molecule has 5 heterocycles. The van der Waals surface area contributed by atoms with Gasteiger partial charge in [-0.05, 0) is 33.3 Å². The van der Waals surface area contributed by atoms with Gasteiger partial charge in [-0.25, -0.2) is 23.9 Å². The minimum atomic E-state index is -5.08. The zero-order valence-electron chi connectivity index (χ0n) is 20.9. The molecule has 10 nitrogen and oxygen atoms in total. The molecule has 3 aromatic rings. The first-order chi connectivity index (χ1) is 17.8. The van der Waals surface area contributed by atoms with Crippen LogP contribution in [0.5, 0.6) is 0 Å². The maximum absolute atomic E-state index is 14.4. The van der Waals surface area contributed by atoms with Crippen molar-refractivity contribution in [1.82, 2.24) is 19.7 Å². The standard InChI is InChI=1S/C22H26FN7O.C2HF3O2/c1-13-9-28(10-14(2)25-13)19-4-6-24-20-17(19)5-7-30(20)22(31)27-16-8-18(23)21-26-15(3)11-29(21)12-16;3-2(4,5)1(6)7/h4,6,8,11-14,25H,5,7,9-10H2,1-3H3,(H,27,31);(H,6,7)/t13-,14+;. The summed E-state index contributed by atoms with van der Waals surface area (Å²) in [5, 5.41) is 13.5. The molecule has 2 amide bonds. The Bertz CT molecular complexity index is 1350. The van der Waals surface area contributed by atoms with Gasteiger partial charge in [-0.3, -0.25) is 4.90 Å². The van der Waals surface area contributed by atoms with E-state index < -0.39 is 18.0 Å². The van der Waals surface area contributed by atoms with Crippen LogP contribution < -0.4 is 20.4 Å². The third kappa shape index (κ3) is 5.79. The number of anilines is 3. The third-order valence-electron chi connectivity index (χ3n) is 6.11. The van der Waals surface area contributed by atoms with Crippen LogP contribution in [0.2, 0.25) is 0 Å². The number of carbonyl (C=O) groups excluding carboxylic acids is 1. The number of imidazole rings is 1. The van der Waals surface area contributed by atoms with E-state index in [1.807, 2.05) is 6.07 Å². The number of alkyl halides is 3. The van der Waals surface area contributed by atoms with Crippen LogP contribution in [0.25, 0.3) is 5.65 Å². The highest BCUT2D eigenvalue weighted by Gasteiger charge is 2.38. The van der Waals surface area contributed by atoms with Crippen LogP contribution in [-0.4, -0.2) is 69.4 Å². The fourth-order valence-electron chi connectivity index (χ4n) is 4.73. The first kappa shape index (κ1) is 27.1. The van der Waals surface area contributed by atoms with Crippen molar-refractivity contribution in [2.45, 2.75) is 45.5 Å². The van der Waals surface area contributed by atoms with E-state index in [2.05, 4.69) is 39.3 Å². The number of aliphatic carboxylic acids is 1. The molecule has 38 heavy (non-hydrogen) atoms. The molecule has 1 fully saturated rings. The van der Waals surface area contributed by atoms with E-state index in [4.69, 9.17) is 9.90 Å². The van der Waals surface area contributed by atoms with Crippen molar-refractivity contribution in [1.29, 1.82) is 0 Å². The Kier molecular flexibility index (Phi) is 7.44. The number of aryl methyl sites for hydroxylation is 1. The van der Waals surface area contributed by atoms with Gasteiger partial charge in [0, 0.05) is 67.6 Å². The summed E-state index contributed by atoms with van der Waals surface area (Å²) < 4.78 is 47.7. The summed E-state index contributed by atoms with van der Waals surface area (Å²) in [5.74, 6) is -2.56. The number of aromatic nitrogens is 3. The number of halogens is 4. The van der Waals surface area contributed by atoms with E-state index in [-0.39, 0.29) is 11.7 Å². The lowest BCUT2D eigenvalue weighted by molar-refractivity contribution is -0.192. The molecule has 0 unspecified atom stereocenters. The molecule has 204 valence electrons. The van der Waals surface area contributed by atoms with Gasteiger partial charge < -0.3 is 25.0 Å². The fourth-order valence-corrected chi connectivity index (χ4v) is 4.73. The second-order valence-electron chi connectivity index (χ2n) is 9.33. The number of nitrogens with one attached hydrogen (secondary N) is 2. The smallest absolute Gasteiger partial charge is 0.475 e. The Labute approximate surface area is 215 Å². The second-order valence-corrected chi connectivity index (χ2v) is 9.33. The molecule has 3 aromatic heterocycles. The van der Waals surface area contributed by atoms with Crippen LogP contribution in [-0.2, 0) is 11.2 Å². The summed E-state index contributed by atoms with van der Waals surface area (Å²) in [6.07, 6.45) is 0.813. The number of pyridine rings is 2. The summed E-state index contributed by atoms with van der Waals surface area (Å²) in [5.41, 5.74) is 3.56. The number of carboxylic acids is 1. The van der Waals surface area contributed by atoms with E-state index in [1.54, 1.807) is 34.8 Å². The highest BCUT2D eigenvalue weighted by atomic mass is 19.4. The number of carbonyl (C=O) groups is 2. The van der Waals surface area contributed by atoms with Crippen molar-refractivity contribution in [2.75, 3.05) is 34.8 Å². The lowest BCUT2D eigenvalue weighted by Gasteiger charge is -2.38. The maximum atomic E-state index is 14.4. The van der Waals surface area contributed by atoms with Gasteiger partial charge in [-0.1, -0.05) is 0 Å². The Hall–Kier alpha value is -3.94. The summed E-state index contributed by atoms with van der Waals surface area (Å²) >= 11 is 0. The Morgan fingerprint density at radius 3 is 2.47 bits per heavy atom. The quantitative estimate of drug-likeness (QED) is 0.428. The molecular formula is C24H27F4N7O3. The predicted octanol–water partition coefficient (Wildman–Crippen LogP) is 3.59. The van der Waals surface area contributed by atoms with Gasteiger partial charge in [0.15, 0.2) is 11.5 Å². The highest BCUT2D eigenvalue weighted by molar-refractivity contribution is 6.03. The number of piperazine rings is 1. The van der Waals surface area contributed by atoms with Crippen molar-refractivity contribution >= 4 is 34.8 Å². The summed E-state index contributed by atoms with van der Waals surface area (Å²) in [4.78, 5) is 34.6. The number of hydrogen-bond donors (Lipinski definition) is 3. The molecule has 2 aliphatic heterocycles. The molecule has 5 rings (SSSR count). The Morgan fingerprint density at radius 1 is 1.18 bits per heavy atom. The molecule has 0 aliphatic carbocycles. The van der Waals surface area contributed by atoms with Crippen LogP contribution in [0.3, 0.4) is 0 Å². The van der Waals surface area contributed by atoms with Crippen LogP contribution in [0, 0.1) is 12.7 Å². The Balaban J connectivity index is 0.000000426. The number of nitrogens with zero attached hydrogens (tertiary/aromatic N) is 5. The van der Waals surface area contributed by atoms with E-state index in [1.165, 1.54) is 6.07 Å². The molecule has 0 aromatic carbocycles. The van der Waals surface area contributed by atoms with Crippen molar-refractivity contribution in [3.63, 3.8) is 0 Å². The molecular weight excluding hydrogens is 510 g/mol. The van der Waals surface area contributed by atoms with E-state index in [0.29, 0.717) is 35.8 Å². The maximum Gasteiger partial charge on any atom is 0.490 e. The number of rotatable bonds is 2. The first-order valence-corrected chi connectivity index (χ1v) is 11.9. The molecule has 0 saturated carbocycles. The van der Waals surface area contributed by atoms with Crippen LogP contribution in [0.15, 0.2) is 30.7 Å². The van der Waals surface area contributed by atoms with Gasteiger partial charge in [0.1, 0.15) is 5.82 Å². The molecule has 2 atom stereocenters. The third-order valence-corrected chi connectivity index (χ3v) is 6.11. The van der Waals surface area contributed by atoms with Gasteiger partial charge >= 0.3 is 18.2 Å². The summed E-state index contributed by atoms with van der Waals surface area (Å²) in [6, 6.07) is 3.80. The molecule has 0 radical (unpaired) electrons. The van der Waals surface area contributed by atoms with E-state index >= 15 is 0 Å². The topological polar surface area (TPSA) is 115 Å². The first-order valence-electron chi connectivity index (χ1n) is 11.9. The monoisotopic (exact) mass is 537 g/mol. The lowest BCUT2D eigenvalue weighted by atomic mass is 10.1. The summed E-state index contributed by atoms with van der Waals surface area (Å²) in [7, 11) is 0. The van der Waals surface area contributed by atoms with Gasteiger partial charge in [0.2, 0.25) is 0 Å². The van der Waals surface area contributed by atoms with Gasteiger partial charge in [0.25, 0.3) is 0 Å². The molecule has 1 saturated heterocycles. The largest absolute Gasteiger partial charge is 0.490 e. The lowest BCUT2D eigenvalue weighted by Crippen LogP contribution is -2.54. The van der Waals surface area contributed by atoms with Crippen LogP contribution in [0.4, 0.5) is 39.5 Å². The van der Waals surface area contributed by atoms with Crippen molar-refractivity contribution < 1.29 is 32.3 Å². The van der Waals surface area contributed by atoms with Gasteiger partial charge in [-0.2, -0.15) is 13.2 Å². The fraction of sp³-hybridized carbons (Fsp3) is 0.417. The number of carboxylic acid groups (broad SMARTS) is 1. The zero-order valence-corrected chi connectivity index (χ0v) is 20.9. The molecule has 3 N–H and O–H groups in total. The molecule has 0 spiro atoms. The number of amides is 2. The van der Waals surface area contributed by atoms with Crippen LogP contribution in [0.1, 0.15) is 25.1 Å². The Morgan fingerprint density at radius 2 is 1.84 bits per heavy atom. The summed E-state index contributed by atoms with van der Waals surface area (Å²) in [6.45, 7) is 8.53. The SMILES string of the molecule is Cc1cn2cc(NC(=O)N3CCc4c(N5C[C@@H](C)N[C@@H](C)C5)ccnc43)cc(F)c2n1.O=C(O)C(F)(F)F. The minimum Gasteiger partial charge on any atom is -0.475 e. The van der Waals surface area contributed by atoms with Crippen molar-refractivity contribution in [3.8, 4) is 0 Å². The number of urea groups is 1. The van der Waals surface area contributed by atoms with Gasteiger partial charge in [-0.15, -0.1) is 0 Å². The molecule has 0 bridgehead atoms. The molecule has 14 heteroatoms. The second kappa shape index (κ2) is 10.4. The molecule has 2 aliphatic rings. The highest BCUT2D eigenvalue weighted by Crippen LogP contribution is 2.35. The normalized spacial score (nSPS) is 19.1. The number of fused-ring (bicyclic) bond motifs is 2.